The number of rotatable bonds is 7. The second-order valence-electron chi connectivity index (χ2n) is 4.14. The normalized spacial score (nSPS) is 10.8. The highest BCUT2D eigenvalue weighted by atomic mass is 79.9. The number of halogens is 1. The predicted molar refractivity (Wildman–Crippen MR) is 74.1 cm³/mol. The minimum absolute atomic E-state index is 0.606. The van der Waals surface area contributed by atoms with Crippen LogP contribution in [0.1, 0.15) is 38.6 Å². The lowest BCUT2D eigenvalue weighted by Gasteiger charge is -2.06. The largest absolute Gasteiger partial charge is 0.375 e. The number of aromatic nitrogens is 2. The molecule has 1 heterocycles. The van der Waals surface area contributed by atoms with Gasteiger partial charge in [-0.3, -0.25) is 4.68 Å². The van der Waals surface area contributed by atoms with Gasteiger partial charge in [-0.05, 0) is 42.6 Å². The number of aryl methyl sites for hydroxylation is 2. The van der Waals surface area contributed by atoms with Crippen molar-refractivity contribution in [3.63, 3.8) is 0 Å². The molecule has 0 aromatic carbocycles. The van der Waals surface area contributed by atoms with Crippen molar-refractivity contribution in [2.45, 2.75) is 46.8 Å². The third-order valence-corrected chi connectivity index (χ3v) is 3.52. The highest BCUT2D eigenvalue weighted by Crippen LogP contribution is 2.23. The molecule has 0 amide bonds. The minimum atomic E-state index is 0.606. The van der Waals surface area contributed by atoms with Gasteiger partial charge in [-0.1, -0.05) is 12.5 Å². The summed E-state index contributed by atoms with van der Waals surface area (Å²) in [6, 6.07) is 0. The van der Waals surface area contributed by atoms with E-state index >= 15 is 0 Å². The first-order chi connectivity index (χ1) is 8.10. The summed E-state index contributed by atoms with van der Waals surface area (Å²) >= 11 is 3.60. The van der Waals surface area contributed by atoms with Crippen LogP contribution in [0.15, 0.2) is 16.6 Å². The summed E-state index contributed by atoms with van der Waals surface area (Å²) in [7, 11) is 0. The molecule has 17 heavy (non-hydrogen) atoms. The second kappa shape index (κ2) is 6.97. The van der Waals surface area contributed by atoms with E-state index in [1.807, 2.05) is 11.6 Å². The van der Waals surface area contributed by atoms with E-state index in [9.17, 15) is 0 Å². The van der Waals surface area contributed by atoms with Gasteiger partial charge in [0.1, 0.15) is 0 Å². The van der Waals surface area contributed by atoms with Crippen LogP contribution >= 0.6 is 15.9 Å². The van der Waals surface area contributed by atoms with Crippen LogP contribution in [0.5, 0.6) is 0 Å². The third-order valence-electron chi connectivity index (χ3n) is 2.61. The molecule has 0 saturated carbocycles. The van der Waals surface area contributed by atoms with Crippen molar-refractivity contribution in [2.75, 3.05) is 6.61 Å². The maximum Gasteiger partial charge on any atom is 0.0896 e. The van der Waals surface area contributed by atoms with Gasteiger partial charge in [0, 0.05) is 6.54 Å². The molecule has 0 fully saturated rings. The topological polar surface area (TPSA) is 27.1 Å². The fourth-order valence-electron chi connectivity index (χ4n) is 1.57. The van der Waals surface area contributed by atoms with E-state index in [0.717, 1.165) is 47.4 Å². The maximum atomic E-state index is 5.66. The summed E-state index contributed by atoms with van der Waals surface area (Å²) in [6.45, 7) is 12.3. The van der Waals surface area contributed by atoms with Crippen LogP contribution in [0.3, 0.4) is 0 Å². The van der Waals surface area contributed by atoms with Crippen molar-refractivity contribution >= 4 is 15.9 Å². The molecule has 0 spiro atoms. The van der Waals surface area contributed by atoms with Crippen LogP contribution in [-0.2, 0) is 24.3 Å². The highest BCUT2D eigenvalue weighted by Gasteiger charge is 2.13. The minimum Gasteiger partial charge on any atom is -0.375 e. The fraction of sp³-hybridized carbons (Fsp3) is 0.615. The molecule has 1 aromatic rings. The van der Waals surface area contributed by atoms with Gasteiger partial charge in [-0.25, -0.2) is 0 Å². The van der Waals surface area contributed by atoms with Gasteiger partial charge in [0.2, 0.25) is 0 Å². The van der Waals surface area contributed by atoms with E-state index in [1.165, 1.54) is 0 Å². The van der Waals surface area contributed by atoms with Crippen LogP contribution in [0.2, 0.25) is 0 Å². The van der Waals surface area contributed by atoms with Crippen molar-refractivity contribution in [2.24, 2.45) is 0 Å². The van der Waals surface area contributed by atoms with E-state index in [0.29, 0.717) is 6.61 Å². The lowest BCUT2D eigenvalue weighted by Crippen LogP contribution is -2.05. The third kappa shape index (κ3) is 3.96. The van der Waals surface area contributed by atoms with Gasteiger partial charge >= 0.3 is 0 Å². The van der Waals surface area contributed by atoms with Gasteiger partial charge in [0.25, 0.3) is 0 Å². The Hall–Kier alpha value is -0.610. The zero-order valence-corrected chi connectivity index (χ0v) is 12.5. The Kier molecular flexibility index (Phi) is 5.92. The van der Waals surface area contributed by atoms with Crippen LogP contribution in [0.4, 0.5) is 0 Å². The van der Waals surface area contributed by atoms with Crippen molar-refractivity contribution in [1.82, 2.24) is 9.78 Å². The molecular formula is C13H21BrN2O. The standard InChI is InChI=1S/C13H21BrN2O/c1-5-11-13(14)12(16(6-2)15-11)9-17-8-7-10(3)4/h3,5-9H2,1-2,4H3. The molecule has 0 atom stereocenters. The molecule has 0 aliphatic heterocycles. The molecule has 0 N–H and O–H groups in total. The van der Waals surface area contributed by atoms with Gasteiger partial charge in [-0.2, -0.15) is 5.10 Å². The Balaban J connectivity index is 2.62. The Morgan fingerprint density at radius 2 is 2.18 bits per heavy atom. The summed E-state index contributed by atoms with van der Waals surface area (Å²) in [5.74, 6) is 0. The lowest BCUT2D eigenvalue weighted by molar-refractivity contribution is 0.117. The molecule has 0 radical (unpaired) electrons. The quantitative estimate of drug-likeness (QED) is 0.567. The Labute approximate surface area is 112 Å². The Morgan fingerprint density at radius 1 is 1.47 bits per heavy atom. The lowest BCUT2D eigenvalue weighted by atomic mass is 10.3. The first-order valence-electron chi connectivity index (χ1n) is 6.06. The second-order valence-corrected chi connectivity index (χ2v) is 4.93. The number of hydrogen-bond donors (Lipinski definition) is 0. The molecule has 1 rings (SSSR count). The first-order valence-corrected chi connectivity index (χ1v) is 6.85. The highest BCUT2D eigenvalue weighted by molar-refractivity contribution is 9.10. The summed E-state index contributed by atoms with van der Waals surface area (Å²) in [6.07, 6.45) is 1.85. The maximum absolute atomic E-state index is 5.66. The zero-order valence-electron chi connectivity index (χ0n) is 10.9. The smallest absolute Gasteiger partial charge is 0.0896 e. The average Bonchev–Trinajstić information content (AvgIpc) is 2.61. The first kappa shape index (κ1) is 14.5. The molecule has 0 unspecified atom stereocenters. The van der Waals surface area contributed by atoms with Crippen molar-refractivity contribution in [3.8, 4) is 0 Å². The average molecular weight is 301 g/mol. The number of nitrogens with zero attached hydrogens (tertiary/aromatic N) is 2. The van der Waals surface area contributed by atoms with Gasteiger partial charge in [0.05, 0.1) is 29.1 Å². The molecule has 1 aromatic heterocycles. The molecule has 4 heteroatoms. The van der Waals surface area contributed by atoms with Crippen LogP contribution < -0.4 is 0 Å². The molecule has 0 saturated heterocycles. The molecular weight excluding hydrogens is 280 g/mol. The molecule has 0 aliphatic carbocycles. The number of hydrogen-bond acceptors (Lipinski definition) is 2. The summed E-state index contributed by atoms with van der Waals surface area (Å²) in [4.78, 5) is 0. The fourth-order valence-corrected chi connectivity index (χ4v) is 2.25. The summed E-state index contributed by atoms with van der Waals surface area (Å²) in [5.41, 5.74) is 3.39. The van der Waals surface area contributed by atoms with Gasteiger partial charge in [0.15, 0.2) is 0 Å². The predicted octanol–water partition coefficient (Wildman–Crippen LogP) is 3.71. The molecule has 0 bridgehead atoms. The summed E-state index contributed by atoms with van der Waals surface area (Å²) in [5, 5.41) is 4.53. The molecule has 96 valence electrons. The van der Waals surface area contributed by atoms with Crippen LogP contribution in [0, 0.1) is 0 Å². The van der Waals surface area contributed by atoms with E-state index in [-0.39, 0.29) is 0 Å². The monoisotopic (exact) mass is 300 g/mol. The SMILES string of the molecule is C=C(C)CCOCc1c(Br)c(CC)nn1CC. The van der Waals surface area contributed by atoms with Crippen molar-refractivity contribution in [3.05, 3.63) is 28.0 Å². The molecule has 3 nitrogen and oxygen atoms in total. The zero-order chi connectivity index (χ0) is 12.8. The van der Waals surface area contributed by atoms with E-state index in [2.05, 4.69) is 41.5 Å². The Bertz CT molecular complexity index is 385. The van der Waals surface area contributed by atoms with Crippen molar-refractivity contribution in [1.29, 1.82) is 0 Å². The molecule has 0 aliphatic rings. The summed E-state index contributed by atoms with van der Waals surface area (Å²) < 4.78 is 8.76. The number of ether oxygens (including phenoxy) is 1. The van der Waals surface area contributed by atoms with Crippen LogP contribution in [-0.4, -0.2) is 16.4 Å². The van der Waals surface area contributed by atoms with E-state index in [1.54, 1.807) is 0 Å². The van der Waals surface area contributed by atoms with E-state index < -0.39 is 0 Å². The van der Waals surface area contributed by atoms with Gasteiger partial charge < -0.3 is 4.74 Å². The van der Waals surface area contributed by atoms with Gasteiger partial charge in [-0.15, -0.1) is 6.58 Å². The van der Waals surface area contributed by atoms with Crippen LogP contribution in [0.25, 0.3) is 0 Å². The van der Waals surface area contributed by atoms with Crippen molar-refractivity contribution < 1.29 is 4.74 Å². The van der Waals surface area contributed by atoms with E-state index in [4.69, 9.17) is 4.74 Å². The Morgan fingerprint density at radius 3 is 2.71 bits per heavy atom.